The molecule has 1 aromatic carbocycles. The molecule has 2 N–H and O–H groups in total. The molecule has 24 heavy (non-hydrogen) atoms. The number of carbonyl (C=O) groups is 1. The molecule has 1 saturated heterocycles. The fourth-order valence-corrected chi connectivity index (χ4v) is 4.67. The van der Waals surface area contributed by atoms with E-state index in [9.17, 15) is 13.2 Å². The molecule has 0 aromatic heterocycles. The first-order valence-electron chi connectivity index (χ1n) is 8.52. The number of nitrogens with one attached hydrogen (secondary N) is 2. The Morgan fingerprint density at radius 1 is 1.33 bits per heavy atom. The van der Waals surface area contributed by atoms with Crippen LogP contribution in [-0.4, -0.2) is 50.9 Å². The Labute approximate surface area is 144 Å². The molecule has 6 nitrogen and oxygen atoms in total. The second kappa shape index (κ2) is 8.09. The zero-order chi connectivity index (χ0) is 17.7. The zero-order valence-electron chi connectivity index (χ0n) is 14.6. The van der Waals surface area contributed by atoms with E-state index >= 15 is 0 Å². The quantitative estimate of drug-likeness (QED) is 0.812. The Morgan fingerprint density at radius 2 is 2.04 bits per heavy atom. The van der Waals surface area contributed by atoms with Gasteiger partial charge in [0.25, 0.3) is 5.91 Å². The SMILES string of the molecule is CCN(CC)S(=O)(=O)c1cc(C(=O)N[C@H]2CCCNC2)ccc1C. The van der Waals surface area contributed by atoms with Gasteiger partial charge in [-0.25, -0.2) is 8.42 Å². The number of piperidine rings is 1. The van der Waals surface area contributed by atoms with E-state index in [2.05, 4.69) is 10.6 Å². The average Bonchev–Trinajstić information content (AvgIpc) is 2.56. The van der Waals surface area contributed by atoms with E-state index in [-0.39, 0.29) is 16.8 Å². The molecular weight excluding hydrogens is 326 g/mol. The predicted molar refractivity (Wildman–Crippen MR) is 94.6 cm³/mol. The van der Waals surface area contributed by atoms with Crippen molar-refractivity contribution in [2.75, 3.05) is 26.2 Å². The standard InChI is InChI=1S/C17H27N3O3S/c1-4-20(5-2)24(22,23)16-11-14(9-8-13(16)3)17(21)19-15-7-6-10-18-12-15/h8-9,11,15,18H,4-7,10,12H2,1-3H3,(H,19,21)/t15-/m0/s1. The minimum Gasteiger partial charge on any atom is -0.348 e. The Bertz CT molecular complexity index is 678. The van der Waals surface area contributed by atoms with Gasteiger partial charge in [-0.05, 0) is 44.0 Å². The maximum Gasteiger partial charge on any atom is 0.251 e. The van der Waals surface area contributed by atoms with Gasteiger partial charge in [0, 0.05) is 31.2 Å². The van der Waals surface area contributed by atoms with Crippen molar-refractivity contribution in [1.82, 2.24) is 14.9 Å². The molecule has 1 amide bonds. The van der Waals surface area contributed by atoms with Gasteiger partial charge in [-0.1, -0.05) is 19.9 Å². The molecule has 0 spiro atoms. The van der Waals surface area contributed by atoms with E-state index < -0.39 is 10.0 Å². The Balaban J connectivity index is 2.26. The molecule has 1 aromatic rings. The largest absolute Gasteiger partial charge is 0.348 e. The molecule has 0 radical (unpaired) electrons. The van der Waals surface area contributed by atoms with Crippen LogP contribution in [0, 0.1) is 6.92 Å². The third-order valence-electron chi connectivity index (χ3n) is 4.41. The van der Waals surface area contributed by atoms with E-state index in [1.54, 1.807) is 19.1 Å². The molecule has 1 atom stereocenters. The number of aryl methyl sites for hydroxylation is 1. The lowest BCUT2D eigenvalue weighted by molar-refractivity contribution is 0.0930. The fourth-order valence-electron chi connectivity index (χ4n) is 2.97. The Hall–Kier alpha value is -1.44. The number of benzene rings is 1. The minimum absolute atomic E-state index is 0.0930. The first-order valence-corrected chi connectivity index (χ1v) is 9.96. The normalized spacial score (nSPS) is 18.6. The van der Waals surface area contributed by atoms with E-state index in [4.69, 9.17) is 0 Å². The lowest BCUT2D eigenvalue weighted by atomic mass is 10.1. The monoisotopic (exact) mass is 353 g/mol. The Kier molecular flexibility index (Phi) is 6.37. The number of carbonyl (C=O) groups excluding carboxylic acids is 1. The maximum absolute atomic E-state index is 12.8. The van der Waals surface area contributed by atoms with Crippen LogP contribution < -0.4 is 10.6 Å². The summed E-state index contributed by atoms with van der Waals surface area (Å²) in [4.78, 5) is 12.7. The first kappa shape index (κ1) is 18.9. The molecule has 0 aliphatic carbocycles. The van der Waals surface area contributed by atoms with Crippen LogP contribution in [-0.2, 0) is 10.0 Å². The molecule has 0 bridgehead atoms. The number of sulfonamides is 1. The molecule has 1 heterocycles. The molecular formula is C17H27N3O3S. The van der Waals surface area contributed by atoms with Crippen LogP contribution in [0.5, 0.6) is 0 Å². The van der Waals surface area contributed by atoms with Crippen molar-refractivity contribution in [3.8, 4) is 0 Å². The summed E-state index contributed by atoms with van der Waals surface area (Å²) in [6.07, 6.45) is 1.97. The molecule has 134 valence electrons. The number of rotatable bonds is 6. The predicted octanol–water partition coefficient (Wildman–Crippen LogP) is 1.51. The fraction of sp³-hybridized carbons (Fsp3) is 0.588. The third kappa shape index (κ3) is 4.15. The molecule has 7 heteroatoms. The summed E-state index contributed by atoms with van der Waals surface area (Å²) in [6, 6.07) is 4.97. The van der Waals surface area contributed by atoms with E-state index in [0.717, 1.165) is 25.9 Å². The van der Waals surface area contributed by atoms with Gasteiger partial charge in [0.1, 0.15) is 0 Å². The van der Waals surface area contributed by atoms with Crippen LogP contribution in [0.25, 0.3) is 0 Å². The second-order valence-corrected chi connectivity index (χ2v) is 7.99. The first-order chi connectivity index (χ1) is 11.4. The van der Waals surface area contributed by atoms with Crippen LogP contribution in [0.3, 0.4) is 0 Å². The van der Waals surface area contributed by atoms with Crippen LogP contribution in [0.1, 0.15) is 42.6 Å². The maximum atomic E-state index is 12.8. The van der Waals surface area contributed by atoms with Gasteiger partial charge in [-0.2, -0.15) is 4.31 Å². The summed E-state index contributed by atoms with van der Waals surface area (Å²) < 4.78 is 26.9. The topological polar surface area (TPSA) is 78.5 Å². The van der Waals surface area contributed by atoms with Gasteiger partial charge in [-0.3, -0.25) is 4.79 Å². The molecule has 1 aliphatic heterocycles. The van der Waals surface area contributed by atoms with Crippen LogP contribution >= 0.6 is 0 Å². The van der Waals surface area contributed by atoms with Gasteiger partial charge >= 0.3 is 0 Å². The summed E-state index contributed by atoms with van der Waals surface area (Å²) in [6.45, 7) is 7.91. The molecule has 0 unspecified atom stereocenters. The molecule has 0 saturated carbocycles. The Morgan fingerprint density at radius 3 is 2.62 bits per heavy atom. The highest BCUT2D eigenvalue weighted by atomic mass is 32.2. The lowest BCUT2D eigenvalue weighted by Crippen LogP contribution is -2.45. The van der Waals surface area contributed by atoms with Gasteiger partial charge in [0.15, 0.2) is 0 Å². The van der Waals surface area contributed by atoms with E-state index in [1.165, 1.54) is 10.4 Å². The summed E-state index contributed by atoms with van der Waals surface area (Å²) in [5.74, 6) is -0.223. The lowest BCUT2D eigenvalue weighted by Gasteiger charge is -2.24. The van der Waals surface area contributed by atoms with Crippen LogP contribution in [0.4, 0.5) is 0 Å². The summed E-state index contributed by atoms with van der Waals surface area (Å²) in [5, 5.41) is 6.23. The molecule has 1 fully saturated rings. The van der Waals surface area contributed by atoms with Crippen LogP contribution in [0.15, 0.2) is 23.1 Å². The van der Waals surface area contributed by atoms with Gasteiger partial charge < -0.3 is 10.6 Å². The minimum atomic E-state index is -3.58. The van der Waals surface area contributed by atoms with Gasteiger partial charge in [0.2, 0.25) is 10.0 Å². The average molecular weight is 353 g/mol. The molecule has 1 aliphatic rings. The van der Waals surface area contributed by atoms with Crippen molar-refractivity contribution in [2.45, 2.75) is 44.6 Å². The zero-order valence-corrected chi connectivity index (χ0v) is 15.4. The highest BCUT2D eigenvalue weighted by Gasteiger charge is 2.25. The third-order valence-corrected chi connectivity index (χ3v) is 6.60. The number of amides is 1. The van der Waals surface area contributed by atoms with Crippen molar-refractivity contribution >= 4 is 15.9 Å². The second-order valence-electron chi connectivity index (χ2n) is 6.09. The van der Waals surface area contributed by atoms with Crippen molar-refractivity contribution < 1.29 is 13.2 Å². The molecule has 2 rings (SSSR count). The smallest absolute Gasteiger partial charge is 0.251 e. The summed E-state index contributed by atoms with van der Waals surface area (Å²) in [7, 11) is -3.58. The van der Waals surface area contributed by atoms with Crippen molar-refractivity contribution in [3.63, 3.8) is 0 Å². The van der Waals surface area contributed by atoms with Crippen molar-refractivity contribution in [2.24, 2.45) is 0 Å². The van der Waals surface area contributed by atoms with E-state index in [1.807, 2.05) is 13.8 Å². The number of nitrogens with zero attached hydrogens (tertiary/aromatic N) is 1. The summed E-state index contributed by atoms with van der Waals surface area (Å²) in [5.41, 5.74) is 1.04. The number of hydrogen-bond acceptors (Lipinski definition) is 4. The summed E-state index contributed by atoms with van der Waals surface area (Å²) >= 11 is 0. The van der Waals surface area contributed by atoms with Crippen molar-refractivity contribution in [3.05, 3.63) is 29.3 Å². The van der Waals surface area contributed by atoms with Crippen LogP contribution in [0.2, 0.25) is 0 Å². The van der Waals surface area contributed by atoms with Crippen molar-refractivity contribution in [1.29, 1.82) is 0 Å². The van der Waals surface area contributed by atoms with Gasteiger partial charge in [0.05, 0.1) is 4.90 Å². The van der Waals surface area contributed by atoms with Gasteiger partial charge in [-0.15, -0.1) is 0 Å². The highest BCUT2D eigenvalue weighted by Crippen LogP contribution is 2.21. The van der Waals surface area contributed by atoms with E-state index in [0.29, 0.717) is 24.2 Å². The highest BCUT2D eigenvalue weighted by molar-refractivity contribution is 7.89. The number of hydrogen-bond donors (Lipinski definition) is 2.